The van der Waals surface area contributed by atoms with E-state index < -0.39 is 17.7 Å². The summed E-state index contributed by atoms with van der Waals surface area (Å²) in [6, 6.07) is 14.4. The largest absolute Gasteiger partial charge is 0.396 e. The molecule has 2 aromatic rings. The Kier molecular flexibility index (Phi) is 7.25. The number of benzene rings is 2. The fourth-order valence-electron chi connectivity index (χ4n) is 4.08. The van der Waals surface area contributed by atoms with E-state index in [9.17, 15) is 9.90 Å². The third kappa shape index (κ3) is 4.57. The van der Waals surface area contributed by atoms with E-state index in [2.05, 4.69) is 6.58 Å². The van der Waals surface area contributed by atoms with Gasteiger partial charge in [0.1, 0.15) is 11.7 Å². The van der Waals surface area contributed by atoms with Crippen LogP contribution in [0.4, 0.5) is 0 Å². The van der Waals surface area contributed by atoms with E-state index in [0.29, 0.717) is 22.9 Å². The van der Waals surface area contributed by atoms with Gasteiger partial charge in [0.2, 0.25) is 0 Å². The van der Waals surface area contributed by atoms with E-state index >= 15 is 0 Å². The molecule has 3 rings (SSSR count). The highest BCUT2D eigenvalue weighted by Gasteiger charge is 2.51. The van der Waals surface area contributed by atoms with E-state index in [4.69, 9.17) is 27.9 Å². The van der Waals surface area contributed by atoms with Crippen LogP contribution in [0, 0.1) is 0 Å². The molecule has 6 heteroatoms. The Balaban J connectivity index is 2.19. The van der Waals surface area contributed by atoms with Gasteiger partial charge in [-0.25, -0.2) is 0 Å². The first-order chi connectivity index (χ1) is 14.3. The van der Waals surface area contributed by atoms with Crippen LogP contribution in [0.25, 0.3) is 0 Å². The summed E-state index contributed by atoms with van der Waals surface area (Å²) in [6.45, 7) is 7.55. The Labute approximate surface area is 188 Å². The standard InChI is InChI=1S/C24H27Cl2NO3/c1-4-13-24(3)23(29)27(16(2)12-14-28)21(17-8-10-19(25)11-9-17)22(30-24)18-6-5-7-20(26)15-18/h4-11,15-16,21-22,28H,1,12-14H2,2-3H3/t16-,21+,22+,24+/m0/s1. The summed E-state index contributed by atoms with van der Waals surface area (Å²) in [4.78, 5) is 15.5. The number of rotatable bonds is 7. The minimum atomic E-state index is -1.07. The lowest BCUT2D eigenvalue weighted by molar-refractivity contribution is -0.201. The normalized spacial score (nSPS) is 25.2. The maximum atomic E-state index is 13.7. The molecular weight excluding hydrogens is 421 g/mol. The highest BCUT2D eigenvalue weighted by Crippen LogP contribution is 2.47. The first kappa shape index (κ1) is 22.8. The zero-order valence-electron chi connectivity index (χ0n) is 17.2. The van der Waals surface area contributed by atoms with Crippen LogP contribution in [0.15, 0.2) is 61.2 Å². The number of halogens is 2. The molecule has 0 unspecified atom stereocenters. The van der Waals surface area contributed by atoms with Crippen molar-refractivity contribution in [3.63, 3.8) is 0 Å². The number of nitrogens with zero attached hydrogens (tertiary/aromatic N) is 1. The summed E-state index contributed by atoms with van der Waals surface area (Å²) in [5.41, 5.74) is 0.719. The van der Waals surface area contributed by atoms with Gasteiger partial charge < -0.3 is 14.7 Å². The molecular formula is C24H27Cl2NO3. The zero-order valence-corrected chi connectivity index (χ0v) is 18.7. The van der Waals surface area contributed by atoms with Crippen LogP contribution in [0.5, 0.6) is 0 Å². The van der Waals surface area contributed by atoms with E-state index in [-0.39, 0.29) is 18.6 Å². The summed E-state index contributed by atoms with van der Waals surface area (Å²) in [6.07, 6.45) is 2.08. The van der Waals surface area contributed by atoms with Gasteiger partial charge in [0.25, 0.3) is 5.91 Å². The van der Waals surface area contributed by atoms with Gasteiger partial charge in [0.05, 0.1) is 6.04 Å². The van der Waals surface area contributed by atoms with Gasteiger partial charge in [-0.05, 0) is 55.7 Å². The fourth-order valence-corrected chi connectivity index (χ4v) is 4.41. The summed E-state index contributed by atoms with van der Waals surface area (Å²) in [5.74, 6) is -0.124. The van der Waals surface area contributed by atoms with E-state index in [1.807, 2.05) is 60.4 Å². The molecule has 0 bridgehead atoms. The van der Waals surface area contributed by atoms with Crippen LogP contribution in [0.3, 0.4) is 0 Å². The predicted octanol–water partition coefficient (Wildman–Crippen LogP) is 5.74. The summed E-state index contributed by atoms with van der Waals surface area (Å²) >= 11 is 12.4. The van der Waals surface area contributed by atoms with Crippen molar-refractivity contribution in [1.82, 2.24) is 4.90 Å². The molecule has 1 fully saturated rings. The lowest BCUT2D eigenvalue weighted by atomic mass is 9.86. The SMILES string of the molecule is C=CC[C@@]1(C)O[C@H](c2cccc(Cl)c2)[C@@H](c2ccc(Cl)cc2)N([C@@H](C)CCO)C1=O. The predicted molar refractivity (Wildman–Crippen MR) is 121 cm³/mol. The van der Waals surface area contributed by atoms with Crippen LogP contribution in [0.2, 0.25) is 10.0 Å². The average molecular weight is 448 g/mol. The van der Waals surface area contributed by atoms with Crippen molar-refractivity contribution in [2.45, 2.75) is 50.5 Å². The van der Waals surface area contributed by atoms with Gasteiger partial charge in [-0.15, -0.1) is 6.58 Å². The Hall–Kier alpha value is -1.85. The minimum Gasteiger partial charge on any atom is -0.396 e. The van der Waals surface area contributed by atoms with E-state index in [1.54, 1.807) is 13.0 Å². The number of hydrogen-bond donors (Lipinski definition) is 1. The molecule has 1 amide bonds. The molecule has 0 aromatic heterocycles. The third-order valence-corrected chi connectivity index (χ3v) is 6.09. The Morgan fingerprint density at radius 2 is 1.90 bits per heavy atom. The van der Waals surface area contributed by atoms with Crippen molar-refractivity contribution in [3.8, 4) is 0 Å². The molecule has 0 radical (unpaired) electrons. The van der Waals surface area contributed by atoms with Crippen molar-refractivity contribution < 1.29 is 14.6 Å². The number of morpholine rings is 1. The van der Waals surface area contributed by atoms with Crippen molar-refractivity contribution >= 4 is 29.1 Å². The molecule has 4 atom stereocenters. The summed E-state index contributed by atoms with van der Waals surface area (Å²) in [7, 11) is 0. The number of carbonyl (C=O) groups is 1. The van der Waals surface area contributed by atoms with E-state index in [1.165, 1.54) is 0 Å². The summed E-state index contributed by atoms with van der Waals surface area (Å²) < 4.78 is 6.51. The molecule has 160 valence electrons. The van der Waals surface area contributed by atoms with Crippen LogP contribution >= 0.6 is 23.2 Å². The molecule has 1 heterocycles. The van der Waals surface area contributed by atoms with Crippen molar-refractivity contribution in [3.05, 3.63) is 82.4 Å². The van der Waals surface area contributed by atoms with Gasteiger partial charge in [-0.1, -0.05) is 53.5 Å². The van der Waals surface area contributed by atoms with Gasteiger partial charge in [-0.3, -0.25) is 4.79 Å². The van der Waals surface area contributed by atoms with Gasteiger partial charge in [0.15, 0.2) is 0 Å². The quantitative estimate of drug-likeness (QED) is 0.550. The van der Waals surface area contributed by atoms with Crippen molar-refractivity contribution in [2.75, 3.05) is 6.61 Å². The highest BCUT2D eigenvalue weighted by atomic mass is 35.5. The van der Waals surface area contributed by atoms with Crippen molar-refractivity contribution in [1.29, 1.82) is 0 Å². The topological polar surface area (TPSA) is 49.8 Å². The first-order valence-electron chi connectivity index (χ1n) is 10.0. The van der Waals surface area contributed by atoms with Crippen molar-refractivity contribution in [2.24, 2.45) is 0 Å². The van der Waals surface area contributed by atoms with Gasteiger partial charge in [-0.2, -0.15) is 0 Å². The molecule has 1 aliphatic heterocycles. The smallest absolute Gasteiger partial charge is 0.255 e. The number of aliphatic hydroxyl groups excluding tert-OH is 1. The van der Waals surface area contributed by atoms with Crippen LogP contribution in [-0.2, 0) is 9.53 Å². The Morgan fingerprint density at radius 1 is 1.20 bits per heavy atom. The Bertz CT molecular complexity index is 902. The molecule has 1 saturated heterocycles. The highest BCUT2D eigenvalue weighted by molar-refractivity contribution is 6.30. The average Bonchev–Trinajstić information content (AvgIpc) is 2.71. The molecule has 4 nitrogen and oxygen atoms in total. The second-order valence-electron chi connectivity index (χ2n) is 7.89. The second-order valence-corrected chi connectivity index (χ2v) is 8.76. The second kappa shape index (κ2) is 9.52. The molecule has 0 spiro atoms. The fraction of sp³-hybridized carbons (Fsp3) is 0.375. The first-order valence-corrected chi connectivity index (χ1v) is 10.8. The molecule has 30 heavy (non-hydrogen) atoms. The zero-order chi connectivity index (χ0) is 21.9. The van der Waals surface area contributed by atoms with Gasteiger partial charge in [0, 0.05) is 29.1 Å². The maximum Gasteiger partial charge on any atom is 0.255 e. The lowest BCUT2D eigenvalue weighted by Crippen LogP contribution is -2.59. The molecule has 1 N–H and O–H groups in total. The number of hydrogen-bond acceptors (Lipinski definition) is 3. The number of ether oxygens (including phenoxy) is 1. The van der Waals surface area contributed by atoms with Crippen LogP contribution < -0.4 is 0 Å². The molecule has 1 aliphatic rings. The number of amides is 1. The third-order valence-electron chi connectivity index (χ3n) is 5.60. The maximum absolute atomic E-state index is 13.7. The Morgan fingerprint density at radius 3 is 2.50 bits per heavy atom. The van der Waals surface area contributed by atoms with Crippen LogP contribution in [-0.4, -0.2) is 34.2 Å². The molecule has 0 saturated carbocycles. The molecule has 0 aliphatic carbocycles. The monoisotopic (exact) mass is 447 g/mol. The lowest BCUT2D eigenvalue weighted by Gasteiger charge is -2.51. The van der Waals surface area contributed by atoms with E-state index in [0.717, 1.165) is 11.1 Å². The minimum absolute atomic E-state index is 0.0147. The number of carbonyl (C=O) groups excluding carboxylic acids is 1. The number of aliphatic hydroxyl groups is 1. The van der Waals surface area contributed by atoms with Crippen LogP contribution in [0.1, 0.15) is 50.0 Å². The summed E-state index contributed by atoms with van der Waals surface area (Å²) in [5, 5.41) is 10.8. The van der Waals surface area contributed by atoms with Gasteiger partial charge >= 0.3 is 0 Å². The molecule has 2 aromatic carbocycles.